The predicted octanol–water partition coefficient (Wildman–Crippen LogP) is 4.42. The second kappa shape index (κ2) is 12.8. The number of methoxy groups -OCH3 is 1. The van der Waals surface area contributed by atoms with Gasteiger partial charge in [0.15, 0.2) is 6.61 Å². The standard InChI is InChI=1S/C32H31FN4O5S/c1-40-29-6-5-22-12-27(29)21-3-2-4-25(11-21)41-17-31(38)34-14-20-9-23(33)13-26(10-20)42-30-7-8-37(15-24-18-43-19-35-24)16-28(30)36-32(22)39/h2-6,9-13,18-19,28,30H,7-8,14-17H2,1H3,(H,34,38)(H,36,39)/t28-,30-/m1/s1. The largest absolute Gasteiger partial charge is 0.496 e. The highest BCUT2D eigenvalue weighted by Gasteiger charge is 2.33. The van der Waals surface area contributed by atoms with Crippen molar-refractivity contribution < 1.29 is 28.2 Å². The van der Waals surface area contributed by atoms with Crippen LogP contribution in [0.1, 0.15) is 28.0 Å². The highest BCUT2D eigenvalue weighted by Crippen LogP contribution is 2.33. The van der Waals surface area contributed by atoms with Gasteiger partial charge >= 0.3 is 0 Å². The van der Waals surface area contributed by atoms with Gasteiger partial charge in [-0.2, -0.15) is 0 Å². The average Bonchev–Trinajstić information content (AvgIpc) is 3.52. The molecule has 43 heavy (non-hydrogen) atoms. The zero-order valence-electron chi connectivity index (χ0n) is 23.5. The summed E-state index contributed by atoms with van der Waals surface area (Å²) < 4.78 is 32.3. The van der Waals surface area contributed by atoms with Gasteiger partial charge in [0.05, 0.1) is 24.4 Å². The highest BCUT2D eigenvalue weighted by molar-refractivity contribution is 7.07. The Balaban J connectivity index is 1.35. The van der Waals surface area contributed by atoms with Crippen LogP contribution in [0.4, 0.5) is 4.39 Å². The van der Waals surface area contributed by atoms with Crippen LogP contribution in [-0.4, -0.2) is 60.7 Å². The monoisotopic (exact) mass is 602 g/mol. The van der Waals surface area contributed by atoms with Gasteiger partial charge in [-0.1, -0.05) is 12.1 Å². The van der Waals surface area contributed by atoms with E-state index in [1.54, 1.807) is 60.4 Å². The third-order valence-electron chi connectivity index (χ3n) is 7.50. The molecule has 1 fully saturated rings. The molecule has 2 aliphatic rings. The summed E-state index contributed by atoms with van der Waals surface area (Å²) in [6, 6.07) is 16.5. The first kappa shape index (κ1) is 28.6. The van der Waals surface area contributed by atoms with E-state index < -0.39 is 18.0 Å². The maximum atomic E-state index is 14.6. The predicted molar refractivity (Wildman–Crippen MR) is 160 cm³/mol. The lowest BCUT2D eigenvalue weighted by molar-refractivity contribution is -0.123. The SMILES string of the molecule is COc1ccc2cc1-c1cccc(c1)OCC(=O)NCc1cc(F)cc(c1)O[C@@H]1CCN(Cc3cscn3)C[C@H]1NC2=O. The van der Waals surface area contributed by atoms with Gasteiger partial charge in [0.25, 0.3) is 11.8 Å². The number of likely N-dealkylation sites (tertiary alicyclic amines) is 1. The van der Waals surface area contributed by atoms with Crippen LogP contribution in [0.3, 0.4) is 0 Å². The number of carbonyl (C=O) groups is 2. The Morgan fingerprint density at radius 3 is 2.84 bits per heavy atom. The quantitative estimate of drug-likeness (QED) is 0.358. The highest BCUT2D eigenvalue weighted by atomic mass is 32.1. The average molecular weight is 603 g/mol. The fourth-order valence-electron chi connectivity index (χ4n) is 5.41. The maximum Gasteiger partial charge on any atom is 0.258 e. The number of ether oxygens (including phenoxy) is 3. The molecule has 1 aromatic heterocycles. The number of hydrogen-bond acceptors (Lipinski definition) is 8. The van der Waals surface area contributed by atoms with Gasteiger partial charge in [0.1, 0.15) is 29.2 Å². The fraction of sp³-hybridized carbons (Fsp3) is 0.281. The van der Waals surface area contributed by atoms with Crippen LogP contribution >= 0.6 is 11.3 Å². The molecule has 9 nitrogen and oxygen atoms in total. The molecular weight excluding hydrogens is 571 g/mol. The zero-order valence-corrected chi connectivity index (χ0v) is 24.4. The summed E-state index contributed by atoms with van der Waals surface area (Å²) in [5, 5.41) is 7.98. The van der Waals surface area contributed by atoms with E-state index in [0.29, 0.717) is 53.4 Å². The summed E-state index contributed by atoms with van der Waals surface area (Å²) in [7, 11) is 1.57. The van der Waals surface area contributed by atoms with Crippen molar-refractivity contribution >= 4 is 23.2 Å². The Kier molecular flexibility index (Phi) is 8.52. The third kappa shape index (κ3) is 6.95. The first-order valence-electron chi connectivity index (χ1n) is 14.0. The molecule has 0 saturated carbocycles. The molecule has 6 rings (SSSR count). The molecule has 222 valence electrons. The van der Waals surface area contributed by atoms with E-state index in [4.69, 9.17) is 14.2 Å². The number of benzene rings is 3. The molecule has 4 aromatic rings. The van der Waals surface area contributed by atoms with E-state index in [2.05, 4.69) is 20.5 Å². The van der Waals surface area contributed by atoms with Gasteiger partial charge in [-0.15, -0.1) is 11.3 Å². The summed E-state index contributed by atoms with van der Waals surface area (Å²) in [6.45, 7) is 1.77. The van der Waals surface area contributed by atoms with Crippen LogP contribution < -0.4 is 24.8 Å². The first-order valence-corrected chi connectivity index (χ1v) is 14.9. The number of carbonyl (C=O) groups excluding carboxylic acids is 2. The van der Waals surface area contributed by atoms with Crippen molar-refractivity contribution in [3.8, 4) is 28.4 Å². The van der Waals surface area contributed by atoms with E-state index in [-0.39, 0.29) is 25.0 Å². The number of amides is 2. The zero-order chi connectivity index (χ0) is 29.8. The van der Waals surface area contributed by atoms with Crippen molar-refractivity contribution in [2.45, 2.75) is 31.7 Å². The molecule has 11 heteroatoms. The topological polar surface area (TPSA) is 102 Å². The number of halogens is 1. The molecule has 1 saturated heterocycles. The normalized spacial score (nSPS) is 19.3. The van der Waals surface area contributed by atoms with Crippen molar-refractivity contribution in [2.24, 2.45) is 0 Å². The summed E-state index contributed by atoms with van der Waals surface area (Å²) in [6.07, 6.45) is 0.195. The Labute approximate surface area is 252 Å². The minimum Gasteiger partial charge on any atom is -0.496 e. The number of aromatic nitrogens is 1. The van der Waals surface area contributed by atoms with E-state index in [1.807, 2.05) is 17.5 Å². The first-order chi connectivity index (χ1) is 20.9. The van der Waals surface area contributed by atoms with E-state index >= 15 is 0 Å². The molecular formula is C32H31FN4O5S. The number of nitrogens with zero attached hydrogens (tertiary/aromatic N) is 2. The summed E-state index contributed by atoms with van der Waals surface area (Å²) in [5.41, 5.74) is 5.24. The molecule has 0 radical (unpaired) electrons. The smallest absolute Gasteiger partial charge is 0.258 e. The van der Waals surface area contributed by atoms with Crippen LogP contribution in [0.5, 0.6) is 17.2 Å². The Morgan fingerprint density at radius 2 is 2.00 bits per heavy atom. The van der Waals surface area contributed by atoms with Crippen LogP contribution in [0.15, 0.2) is 71.6 Å². The van der Waals surface area contributed by atoms with E-state index in [9.17, 15) is 14.0 Å². The van der Waals surface area contributed by atoms with Crippen molar-refractivity contribution in [1.29, 1.82) is 0 Å². The van der Waals surface area contributed by atoms with Gasteiger partial charge in [-0.25, -0.2) is 9.37 Å². The maximum absolute atomic E-state index is 14.6. The molecule has 6 bridgehead atoms. The molecule has 3 aromatic carbocycles. The molecule has 0 spiro atoms. The second-order valence-electron chi connectivity index (χ2n) is 10.5. The van der Waals surface area contributed by atoms with Crippen molar-refractivity contribution in [3.05, 3.63) is 94.2 Å². The molecule has 2 aliphatic heterocycles. The lowest BCUT2D eigenvalue weighted by atomic mass is 9.99. The van der Waals surface area contributed by atoms with Crippen molar-refractivity contribution in [2.75, 3.05) is 26.8 Å². The lowest BCUT2D eigenvalue weighted by Crippen LogP contribution is -2.56. The summed E-state index contributed by atoms with van der Waals surface area (Å²) >= 11 is 1.54. The molecule has 0 aliphatic carbocycles. The number of hydrogen-bond donors (Lipinski definition) is 2. The van der Waals surface area contributed by atoms with Gasteiger partial charge in [0.2, 0.25) is 0 Å². The lowest BCUT2D eigenvalue weighted by Gasteiger charge is -2.38. The van der Waals surface area contributed by atoms with E-state index in [1.165, 1.54) is 12.1 Å². The van der Waals surface area contributed by atoms with Crippen LogP contribution in [0.2, 0.25) is 0 Å². The Bertz CT molecular complexity index is 1620. The number of thiazole rings is 1. The fourth-order valence-corrected chi connectivity index (χ4v) is 5.96. The summed E-state index contributed by atoms with van der Waals surface area (Å²) in [4.78, 5) is 32.9. The molecule has 2 atom stereocenters. The summed E-state index contributed by atoms with van der Waals surface area (Å²) in [5.74, 6) is 0.308. The van der Waals surface area contributed by atoms with Gasteiger partial charge in [-0.05, 0) is 60.0 Å². The number of rotatable bonds is 3. The minimum atomic E-state index is -0.479. The molecule has 2 amide bonds. The third-order valence-corrected chi connectivity index (χ3v) is 8.14. The van der Waals surface area contributed by atoms with E-state index in [0.717, 1.165) is 17.8 Å². The van der Waals surface area contributed by atoms with Crippen molar-refractivity contribution in [1.82, 2.24) is 20.5 Å². The van der Waals surface area contributed by atoms with Crippen LogP contribution in [0.25, 0.3) is 11.1 Å². The Morgan fingerprint density at radius 1 is 1.09 bits per heavy atom. The van der Waals surface area contributed by atoms with Gasteiger partial charge < -0.3 is 24.8 Å². The number of fused-ring (bicyclic) bond motifs is 8. The van der Waals surface area contributed by atoms with Crippen LogP contribution in [0, 0.1) is 5.82 Å². The minimum absolute atomic E-state index is 0.103. The van der Waals surface area contributed by atoms with Gasteiger partial charge in [-0.3, -0.25) is 14.5 Å². The molecule has 0 unspecified atom stereocenters. The van der Waals surface area contributed by atoms with Crippen molar-refractivity contribution in [3.63, 3.8) is 0 Å². The number of piperidine rings is 1. The second-order valence-corrected chi connectivity index (χ2v) is 11.3. The molecule has 2 N–H and O–H groups in total. The van der Waals surface area contributed by atoms with Crippen LogP contribution in [-0.2, 0) is 17.9 Å². The van der Waals surface area contributed by atoms with Gasteiger partial charge in [0, 0.05) is 48.8 Å². The Hall–Kier alpha value is -4.48. The number of nitrogens with one attached hydrogen (secondary N) is 2. The molecule has 3 heterocycles.